The highest BCUT2D eigenvalue weighted by Crippen LogP contribution is 2.20. The summed E-state index contributed by atoms with van der Waals surface area (Å²) in [7, 11) is 1.79. The number of amides is 1. The molecular formula is C14H19ClN4OS. The number of hydrogen-bond donors (Lipinski definition) is 1. The van der Waals surface area contributed by atoms with Crippen LogP contribution in [0.25, 0.3) is 0 Å². The van der Waals surface area contributed by atoms with Crippen LogP contribution in [0.3, 0.4) is 0 Å². The van der Waals surface area contributed by atoms with E-state index in [9.17, 15) is 4.79 Å². The summed E-state index contributed by atoms with van der Waals surface area (Å²) in [6, 6.07) is 3.80. The van der Waals surface area contributed by atoms with Crippen LogP contribution in [0.15, 0.2) is 29.9 Å². The third-order valence-electron chi connectivity index (χ3n) is 3.22. The number of thiazole rings is 1. The van der Waals surface area contributed by atoms with Gasteiger partial charge in [-0.3, -0.25) is 9.78 Å². The van der Waals surface area contributed by atoms with Crippen LogP contribution in [-0.4, -0.2) is 34.4 Å². The smallest absolute Gasteiger partial charge is 0.273 e. The van der Waals surface area contributed by atoms with E-state index in [-0.39, 0.29) is 24.4 Å². The van der Waals surface area contributed by atoms with Crippen LogP contribution < -0.4 is 5.73 Å². The summed E-state index contributed by atoms with van der Waals surface area (Å²) in [5.74, 6) is -0.0752. The van der Waals surface area contributed by atoms with Crippen molar-refractivity contribution in [2.75, 3.05) is 13.6 Å². The molecule has 2 rings (SSSR count). The minimum Gasteiger partial charge on any atom is -0.334 e. The van der Waals surface area contributed by atoms with Crippen molar-refractivity contribution in [3.05, 3.63) is 46.2 Å². The number of halogens is 1. The lowest BCUT2D eigenvalue weighted by Gasteiger charge is -2.24. The lowest BCUT2D eigenvalue weighted by atomic mass is 10.1. The Labute approximate surface area is 134 Å². The maximum Gasteiger partial charge on any atom is 0.273 e. The molecule has 2 aromatic rings. The maximum absolute atomic E-state index is 12.4. The van der Waals surface area contributed by atoms with E-state index in [1.807, 2.05) is 19.1 Å². The van der Waals surface area contributed by atoms with Gasteiger partial charge in [0.25, 0.3) is 5.91 Å². The van der Waals surface area contributed by atoms with Crippen LogP contribution in [0.4, 0.5) is 0 Å². The first kappa shape index (κ1) is 17.6. The van der Waals surface area contributed by atoms with Gasteiger partial charge in [0.15, 0.2) is 0 Å². The van der Waals surface area contributed by atoms with Crippen LogP contribution in [-0.2, 0) is 6.42 Å². The summed E-state index contributed by atoms with van der Waals surface area (Å²) in [5.41, 5.74) is 7.03. The van der Waals surface area contributed by atoms with Gasteiger partial charge in [-0.15, -0.1) is 23.7 Å². The molecule has 0 aliphatic rings. The molecule has 5 nitrogen and oxygen atoms in total. The molecule has 0 radical (unpaired) electrons. The summed E-state index contributed by atoms with van der Waals surface area (Å²) in [6.07, 6.45) is 4.17. The summed E-state index contributed by atoms with van der Waals surface area (Å²) < 4.78 is 0. The fraction of sp³-hybridized carbons (Fsp3) is 0.357. The quantitative estimate of drug-likeness (QED) is 0.915. The number of nitrogens with two attached hydrogens (primary N) is 1. The Morgan fingerprint density at radius 2 is 2.10 bits per heavy atom. The van der Waals surface area contributed by atoms with E-state index in [0.29, 0.717) is 18.7 Å². The van der Waals surface area contributed by atoms with Crippen molar-refractivity contribution in [3.8, 4) is 0 Å². The van der Waals surface area contributed by atoms with Gasteiger partial charge in [0, 0.05) is 31.2 Å². The number of hydrogen-bond acceptors (Lipinski definition) is 5. The van der Waals surface area contributed by atoms with Crippen LogP contribution in [0.1, 0.15) is 34.0 Å². The van der Waals surface area contributed by atoms with Crippen molar-refractivity contribution in [1.82, 2.24) is 14.9 Å². The molecule has 1 amide bonds. The SMILES string of the molecule is CC(c1ccncc1)N(C)C(=O)c1csc(CCN)n1.Cl. The predicted molar refractivity (Wildman–Crippen MR) is 86.9 cm³/mol. The lowest BCUT2D eigenvalue weighted by Crippen LogP contribution is -2.30. The van der Waals surface area contributed by atoms with Crippen molar-refractivity contribution in [2.24, 2.45) is 5.73 Å². The Bertz CT molecular complexity index is 575. The summed E-state index contributed by atoms with van der Waals surface area (Å²) >= 11 is 1.48. The standard InChI is InChI=1S/C14H18N4OS.ClH/c1-10(11-4-7-16-8-5-11)18(2)14(19)12-9-20-13(17-12)3-6-15;/h4-5,7-10H,3,6,15H2,1-2H3;1H. The van der Waals surface area contributed by atoms with Crippen LogP contribution in [0.5, 0.6) is 0 Å². The Hall–Kier alpha value is -1.50. The van der Waals surface area contributed by atoms with Crippen molar-refractivity contribution in [3.63, 3.8) is 0 Å². The van der Waals surface area contributed by atoms with Gasteiger partial charge in [-0.2, -0.15) is 0 Å². The molecule has 2 N–H and O–H groups in total. The molecule has 2 heterocycles. The number of pyridine rings is 1. The minimum atomic E-state index is -0.0752. The van der Waals surface area contributed by atoms with Crippen molar-refractivity contribution in [1.29, 1.82) is 0 Å². The second kappa shape index (κ2) is 8.07. The van der Waals surface area contributed by atoms with E-state index >= 15 is 0 Å². The average molecular weight is 327 g/mol. The highest BCUT2D eigenvalue weighted by atomic mass is 35.5. The Morgan fingerprint density at radius 1 is 1.43 bits per heavy atom. The molecule has 2 aromatic heterocycles. The van der Waals surface area contributed by atoms with Gasteiger partial charge in [-0.1, -0.05) is 0 Å². The number of carbonyl (C=O) groups is 1. The zero-order valence-electron chi connectivity index (χ0n) is 12.0. The second-order valence-electron chi connectivity index (χ2n) is 4.54. The van der Waals surface area contributed by atoms with E-state index in [1.165, 1.54) is 11.3 Å². The van der Waals surface area contributed by atoms with E-state index < -0.39 is 0 Å². The fourth-order valence-electron chi connectivity index (χ4n) is 1.87. The third-order valence-corrected chi connectivity index (χ3v) is 4.13. The molecule has 114 valence electrons. The molecular weight excluding hydrogens is 308 g/mol. The molecule has 0 aromatic carbocycles. The highest BCUT2D eigenvalue weighted by Gasteiger charge is 2.21. The van der Waals surface area contributed by atoms with Crippen molar-refractivity contribution in [2.45, 2.75) is 19.4 Å². The molecule has 1 atom stereocenters. The van der Waals surface area contributed by atoms with Crippen LogP contribution >= 0.6 is 23.7 Å². The summed E-state index contributed by atoms with van der Waals surface area (Å²) in [5, 5.41) is 2.70. The zero-order valence-corrected chi connectivity index (χ0v) is 13.7. The zero-order chi connectivity index (χ0) is 14.5. The highest BCUT2D eigenvalue weighted by molar-refractivity contribution is 7.09. The molecule has 1 unspecified atom stereocenters. The van der Waals surface area contributed by atoms with Gasteiger partial charge >= 0.3 is 0 Å². The average Bonchev–Trinajstić information content (AvgIpc) is 2.95. The Kier molecular flexibility index (Phi) is 6.74. The molecule has 0 aliphatic heterocycles. The van der Waals surface area contributed by atoms with Gasteiger partial charge < -0.3 is 10.6 Å². The maximum atomic E-state index is 12.4. The monoisotopic (exact) mass is 326 g/mol. The van der Waals surface area contributed by atoms with Gasteiger partial charge in [-0.05, 0) is 31.2 Å². The first-order chi connectivity index (χ1) is 9.63. The topological polar surface area (TPSA) is 72.1 Å². The number of carbonyl (C=O) groups excluding carboxylic acids is 1. The molecule has 7 heteroatoms. The van der Waals surface area contributed by atoms with Crippen molar-refractivity contribution >= 4 is 29.7 Å². The van der Waals surface area contributed by atoms with Gasteiger partial charge in [0.2, 0.25) is 0 Å². The van der Waals surface area contributed by atoms with Crippen LogP contribution in [0, 0.1) is 0 Å². The molecule has 21 heavy (non-hydrogen) atoms. The van der Waals surface area contributed by atoms with Crippen LogP contribution in [0.2, 0.25) is 0 Å². The van der Waals surface area contributed by atoms with Crippen molar-refractivity contribution < 1.29 is 4.79 Å². The minimum absolute atomic E-state index is 0. The molecule has 0 bridgehead atoms. The van der Waals surface area contributed by atoms with E-state index in [0.717, 1.165) is 10.6 Å². The van der Waals surface area contributed by atoms with Gasteiger partial charge in [-0.25, -0.2) is 4.98 Å². The summed E-state index contributed by atoms with van der Waals surface area (Å²) in [4.78, 5) is 22.4. The Balaban J connectivity index is 0.00000220. The van der Waals surface area contributed by atoms with E-state index in [1.54, 1.807) is 29.7 Å². The first-order valence-corrected chi connectivity index (χ1v) is 7.33. The molecule has 0 saturated carbocycles. The normalized spacial score (nSPS) is 11.6. The van der Waals surface area contributed by atoms with E-state index in [4.69, 9.17) is 5.73 Å². The summed E-state index contributed by atoms with van der Waals surface area (Å²) in [6.45, 7) is 2.53. The fourth-order valence-corrected chi connectivity index (χ4v) is 2.66. The van der Waals surface area contributed by atoms with Gasteiger partial charge in [0.05, 0.1) is 11.0 Å². The number of nitrogens with zero attached hydrogens (tertiary/aromatic N) is 3. The second-order valence-corrected chi connectivity index (χ2v) is 5.48. The van der Waals surface area contributed by atoms with E-state index in [2.05, 4.69) is 9.97 Å². The predicted octanol–water partition coefficient (Wildman–Crippen LogP) is 2.29. The number of rotatable bonds is 5. The molecule has 0 aliphatic carbocycles. The third kappa shape index (κ3) is 4.23. The molecule has 0 saturated heterocycles. The first-order valence-electron chi connectivity index (χ1n) is 6.45. The largest absolute Gasteiger partial charge is 0.334 e. The molecule has 0 fully saturated rings. The van der Waals surface area contributed by atoms with Gasteiger partial charge in [0.1, 0.15) is 5.69 Å². The molecule has 0 spiro atoms. The lowest BCUT2D eigenvalue weighted by molar-refractivity contribution is 0.0737. The number of aromatic nitrogens is 2. The Morgan fingerprint density at radius 3 is 2.71 bits per heavy atom.